The molecule has 0 atom stereocenters. The standard InChI is InChI=1S/C23H23ClN6O4/c1-3-29-13-20(21(28-29)23(32)25-12-17-5-4-10-33-17)26-22(31)19-8-9-30(27-19)14-34-16-6-7-18(24)15(2)11-16/h4-11,13H,3,12,14H2,1-2H3,(H,25,32)(H,26,31). The Kier molecular flexibility index (Phi) is 6.98. The zero-order valence-corrected chi connectivity index (χ0v) is 19.4. The van der Waals surface area contributed by atoms with Crippen LogP contribution in [0.2, 0.25) is 5.02 Å². The minimum absolute atomic E-state index is 0.0997. The summed E-state index contributed by atoms with van der Waals surface area (Å²) in [7, 11) is 0. The highest BCUT2D eigenvalue weighted by molar-refractivity contribution is 6.31. The molecule has 0 aliphatic rings. The van der Waals surface area contributed by atoms with Gasteiger partial charge < -0.3 is 19.8 Å². The van der Waals surface area contributed by atoms with Crippen molar-refractivity contribution in [1.82, 2.24) is 24.9 Å². The number of hydrogen-bond acceptors (Lipinski definition) is 6. The van der Waals surface area contributed by atoms with Crippen LogP contribution in [-0.4, -0.2) is 31.4 Å². The molecule has 4 aromatic rings. The Morgan fingerprint density at radius 1 is 1.15 bits per heavy atom. The van der Waals surface area contributed by atoms with E-state index in [1.165, 1.54) is 10.9 Å². The maximum atomic E-state index is 12.8. The van der Waals surface area contributed by atoms with Gasteiger partial charge in [0.05, 0.1) is 18.5 Å². The third-order valence-electron chi connectivity index (χ3n) is 4.92. The van der Waals surface area contributed by atoms with E-state index < -0.39 is 11.8 Å². The molecule has 11 heteroatoms. The Morgan fingerprint density at radius 2 is 2.00 bits per heavy atom. The largest absolute Gasteiger partial charge is 0.471 e. The van der Waals surface area contributed by atoms with Crippen molar-refractivity contribution in [2.75, 3.05) is 5.32 Å². The van der Waals surface area contributed by atoms with Crippen molar-refractivity contribution in [3.63, 3.8) is 0 Å². The zero-order valence-electron chi connectivity index (χ0n) is 18.6. The first-order valence-electron chi connectivity index (χ1n) is 10.5. The number of carbonyl (C=O) groups is 2. The molecule has 4 rings (SSSR count). The quantitative estimate of drug-likeness (QED) is 0.374. The number of rotatable bonds is 9. The highest BCUT2D eigenvalue weighted by Crippen LogP contribution is 2.21. The summed E-state index contributed by atoms with van der Waals surface area (Å²) in [4.78, 5) is 25.4. The molecule has 176 valence electrons. The zero-order chi connectivity index (χ0) is 24.1. The number of aromatic nitrogens is 4. The highest BCUT2D eigenvalue weighted by atomic mass is 35.5. The Bertz CT molecular complexity index is 1290. The monoisotopic (exact) mass is 482 g/mol. The van der Waals surface area contributed by atoms with Gasteiger partial charge in [-0.05, 0) is 55.8 Å². The molecule has 3 aromatic heterocycles. The van der Waals surface area contributed by atoms with Crippen molar-refractivity contribution in [2.45, 2.75) is 33.7 Å². The first-order valence-corrected chi connectivity index (χ1v) is 10.9. The first-order chi connectivity index (χ1) is 16.4. The third kappa shape index (κ3) is 5.46. The van der Waals surface area contributed by atoms with Crippen LogP contribution in [0.1, 0.15) is 39.2 Å². The molecule has 1 aromatic carbocycles. The summed E-state index contributed by atoms with van der Waals surface area (Å²) in [6.07, 6.45) is 4.76. The van der Waals surface area contributed by atoms with Crippen LogP contribution in [0.5, 0.6) is 5.75 Å². The number of aryl methyl sites for hydroxylation is 2. The highest BCUT2D eigenvalue weighted by Gasteiger charge is 2.20. The molecule has 0 aliphatic carbocycles. The van der Waals surface area contributed by atoms with Gasteiger partial charge >= 0.3 is 0 Å². The molecule has 0 spiro atoms. The summed E-state index contributed by atoms with van der Waals surface area (Å²) in [6, 6.07) is 10.4. The molecular weight excluding hydrogens is 460 g/mol. The number of carbonyl (C=O) groups excluding carboxylic acids is 2. The fraction of sp³-hybridized carbons (Fsp3) is 0.217. The van der Waals surface area contributed by atoms with Gasteiger partial charge in [0.15, 0.2) is 18.1 Å². The van der Waals surface area contributed by atoms with Crippen LogP contribution < -0.4 is 15.4 Å². The summed E-state index contributed by atoms with van der Waals surface area (Å²) in [5, 5.41) is 14.6. The lowest BCUT2D eigenvalue weighted by atomic mass is 10.2. The molecule has 3 heterocycles. The van der Waals surface area contributed by atoms with Crippen LogP contribution in [0.3, 0.4) is 0 Å². The number of nitrogens with zero attached hydrogens (tertiary/aromatic N) is 4. The van der Waals surface area contributed by atoms with Gasteiger partial charge in [0.25, 0.3) is 11.8 Å². The Labute approximate surface area is 200 Å². The van der Waals surface area contributed by atoms with E-state index in [1.54, 1.807) is 47.4 Å². The number of amides is 2. The second-order valence-electron chi connectivity index (χ2n) is 7.39. The smallest absolute Gasteiger partial charge is 0.276 e. The van der Waals surface area contributed by atoms with E-state index in [4.69, 9.17) is 20.8 Å². The fourth-order valence-electron chi connectivity index (χ4n) is 3.10. The van der Waals surface area contributed by atoms with E-state index >= 15 is 0 Å². The van der Waals surface area contributed by atoms with Gasteiger partial charge in [-0.25, -0.2) is 4.68 Å². The molecule has 0 saturated heterocycles. The SMILES string of the molecule is CCn1cc(NC(=O)c2ccn(COc3ccc(Cl)c(C)c3)n2)c(C(=O)NCc2ccco2)n1. The molecular formula is C23H23ClN6O4. The second kappa shape index (κ2) is 10.3. The Balaban J connectivity index is 1.40. The lowest BCUT2D eigenvalue weighted by Gasteiger charge is -2.07. The average Bonchev–Trinajstić information content (AvgIpc) is 3.59. The molecule has 2 N–H and O–H groups in total. The average molecular weight is 483 g/mol. The lowest BCUT2D eigenvalue weighted by molar-refractivity contribution is 0.0943. The minimum Gasteiger partial charge on any atom is -0.471 e. The van der Waals surface area contributed by atoms with Crippen LogP contribution in [0.15, 0.2) is 59.5 Å². The van der Waals surface area contributed by atoms with E-state index in [1.807, 2.05) is 19.9 Å². The van der Waals surface area contributed by atoms with Crippen LogP contribution in [0.4, 0.5) is 5.69 Å². The third-order valence-corrected chi connectivity index (χ3v) is 5.34. The predicted octanol–water partition coefficient (Wildman–Crippen LogP) is 3.87. The molecule has 0 aliphatic heterocycles. The topological polar surface area (TPSA) is 116 Å². The van der Waals surface area contributed by atoms with Crippen molar-refractivity contribution in [1.29, 1.82) is 0 Å². The van der Waals surface area contributed by atoms with Gasteiger partial charge in [-0.1, -0.05) is 11.6 Å². The summed E-state index contributed by atoms with van der Waals surface area (Å²) in [5.41, 5.74) is 1.45. The molecule has 2 amide bonds. The summed E-state index contributed by atoms with van der Waals surface area (Å²) in [5.74, 6) is 0.337. The summed E-state index contributed by atoms with van der Waals surface area (Å²) in [6.45, 7) is 4.62. The van der Waals surface area contributed by atoms with Crippen LogP contribution in [0.25, 0.3) is 0 Å². The lowest BCUT2D eigenvalue weighted by Crippen LogP contribution is -2.25. The van der Waals surface area contributed by atoms with Crippen molar-refractivity contribution in [3.8, 4) is 5.75 Å². The predicted molar refractivity (Wildman–Crippen MR) is 125 cm³/mol. The number of halogens is 1. The van der Waals surface area contributed by atoms with Crippen molar-refractivity contribution in [3.05, 3.63) is 82.8 Å². The maximum Gasteiger partial charge on any atom is 0.276 e. The summed E-state index contributed by atoms with van der Waals surface area (Å²) < 4.78 is 14.0. The molecule has 0 saturated carbocycles. The normalized spacial score (nSPS) is 10.8. The Morgan fingerprint density at radius 3 is 2.74 bits per heavy atom. The van der Waals surface area contributed by atoms with Crippen molar-refractivity contribution in [2.24, 2.45) is 0 Å². The Hall–Kier alpha value is -4.05. The van der Waals surface area contributed by atoms with Crippen molar-refractivity contribution >= 4 is 29.1 Å². The van der Waals surface area contributed by atoms with E-state index in [9.17, 15) is 9.59 Å². The van der Waals surface area contributed by atoms with Gasteiger partial charge in [-0.15, -0.1) is 0 Å². The van der Waals surface area contributed by atoms with Crippen molar-refractivity contribution < 1.29 is 18.7 Å². The first kappa shape index (κ1) is 23.1. The van der Waals surface area contributed by atoms with E-state index in [0.717, 1.165) is 5.56 Å². The van der Waals surface area contributed by atoms with E-state index in [-0.39, 0.29) is 30.4 Å². The van der Waals surface area contributed by atoms with E-state index in [0.29, 0.717) is 23.1 Å². The van der Waals surface area contributed by atoms with Gasteiger partial charge in [0.1, 0.15) is 11.5 Å². The van der Waals surface area contributed by atoms with Gasteiger partial charge in [0.2, 0.25) is 0 Å². The maximum absolute atomic E-state index is 12.8. The molecule has 0 unspecified atom stereocenters. The number of nitrogens with one attached hydrogen (secondary N) is 2. The minimum atomic E-state index is -0.475. The van der Waals surface area contributed by atoms with Gasteiger partial charge in [-0.3, -0.25) is 14.3 Å². The molecule has 10 nitrogen and oxygen atoms in total. The number of anilines is 1. The summed E-state index contributed by atoms with van der Waals surface area (Å²) >= 11 is 6.03. The fourth-order valence-corrected chi connectivity index (χ4v) is 3.21. The number of hydrogen-bond donors (Lipinski definition) is 2. The molecule has 0 bridgehead atoms. The molecule has 0 radical (unpaired) electrons. The number of benzene rings is 1. The van der Waals surface area contributed by atoms with E-state index in [2.05, 4.69) is 20.8 Å². The number of ether oxygens (including phenoxy) is 1. The van der Waals surface area contributed by atoms with Gasteiger partial charge in [0, 0.05) is 24.0 Å². The molecule has 34 heavy (non-hydrogen) atoms. The number of furan rings is 1. The molecule has 0 fully saturated rings. The van der Waals surface area contributed by atoms with Crippen LogP contribution in [-0.2, 0) is 19.8 Å². The second-order valence-corrected chi connectivity index (χ2v) is 7.80. The van der Waals surface area contributed by atoms with Crippen LogP contribution >= 0.6 is 11.6 Å². The van der Waals surface area contributed by atoms with Crippen LogP contribution in [0, 0.1) is 6.92 Å². The van der Waals surface area contributed by atoms with Gasteiger partial charge in [-0.2, -0.15) is 10.2 Å².